The molecule has 0 fully saturated rings. The third-order valence-electron chi connectivity index (χ3n) is 3.03. The topological polar surface area (TPSA) is 58.6 Å². The molecule has 2 amide bonds. The lowest BCUT2D eigenvalue weighted by atomic mass is 10.1. The van der Waals surface area contributed by atoms with Gasteiger partial charge in [0.25, 0.3) is 0 Å². The summed E-state index contributed by atoms with van der Waals surface area (Å²) in [7, 11) is 1.62. The summed E-state index contributed by atoms with van der Waals surface area (Å²) in [6.07, 6.45) is 1.40. The van der Waals surface area contributed by atoms with Crippen molar-refractivity contribution < 1.29 is 14.3 Å². The standard InChI is InChI=1S/C13H15IN2O3/c1-8(17)15-12-6-4-9-3-5-10(7-11(9)12)19-13(18)16(2)14/h3,5,7,12H,4,6H2,1-2H3,(H,15,17)/t12-/m1/s1. The Kier molecular flexibility index (Phi) is 4.28. The molecule has 5 nitrogen and oxygen atoms in total. The molecule has 102 valence electrons. The second-order valence-corrected chi connectivity index (χ2v) is 5.94. The van der Waals surface area contributed by atoms with Crippen LogP contribution >= 0.6 is 22.9 Å². The summed E-state index contributed by atoms with van der Waals surface area (Å²) in [5.41, 5.74) is 2.23. The molecule has 0 aliphatic heterocycles. The predicted octanol–water partition coefficient (Wildman–Crippen LogP) is 2.59. The van der Waals surface area contributed by atoms with Crippen molar-refractivity contribution in [2.45, 2.75) is 25.8 Å². The van der Waals surface area contributed by atoms with Crippen LogP contribution in [-0.2, 0) is 11.2 Å². The minimum absolute atomic E-state index is 0.0171. The Balaban J connectivity index is 2.18. The van der Waals surface area contributed by atoms with Gasteiger partial charge in [0.2, 0.25) is 5.91 Å². The highest BCUT2D eigenvalue weighted by Gasteiger charge is 2.24. The van der Waals surface area contributed by atoms with E-state index in [1.807, 2.05) is 35.0 Å². The highest BCUT2D eigenvalue weighted by molar-refractivity contribution is 14.1. The van der Waals surface area contributed by atoms with Crippen LogP contribution < -0.4 is 10.1 Å². The number of benzene rings is 1. The maximum atomic E-state index is 11.5. The molecule has 0 spiro atoms. The Labute approximate surface area is 125 Å². The first-order valence-electron chi connectivity index (χ1n) is 5.98. The predicted molar refractivity (Wildman–Crippen MR) is 79.1 cm³/mol. The molecule has 6 heteroatoms. The van der Waals surface area contributed by atoms with Gasteiger partial charge in [-0.25, -0.2) is 4.79 Å². The van der Waals surface area contributed by atoms with E-state index in [2.05, 4.69) is 5.32 Å². The molecule has 1 N–H and O–H groups in total. The van der Waals surface area contributed by atoms with Crippen LogP contribution in [0.5, 0.6) is 5.75 Å². The molecule has 0 aromatic heterocycles. The lowest BCUT2D eigenvalue weighted by Crippen LogP contribution is -2.24. The van der Waals surface area contributed by atoms with Crippen LogP contribution in [-0.4, -0.2) is 22.2 Å². The molecule has 0 unspecified atom stereocenters. The van der Waals surface area contributed by atoms with E-state index in [9.17, 15) is 9.59 Å². The van der Waals surface area contributed by atoms with Crippen LogP contribution in [0.2, 0.25) is 0 Å². The summed E-state index contributed by atoms with van der Waals surface area (Å²) in [5, 5.41) is 2.91. The summed E-state index contributed by atoms with van der Waals surface area (Å²) in [6, 6.07) is 5.59. The maximum absolute atomic E-state index is 11.5. The largest absolute Gasteiger partial charge is 0.423 e. The van der Waals surface area contributed by atoms with E-state index in [-0.39, 0.29) is 11.9 Å². The Hall–Kier alpha value is -1.31. The van der Waals surface area contributed by atoms with Gasteiger partial charge < -0.3 is 10.1 Å². The van der Waals surface area contributed by atoms with E-state index in [0.29, 0.717) is 5.75 Å². The van der Waals surface area contributed by atoms with E-state index < -0.39 is 6.09 Å². The van der Waals surface area contributed by atoms with Gasteiger partial charge >= 0.3 is 6.09 Å². The molecule has 1 atom stereocenters. The van der Waals surface area contributed by atoms with Gasteiger partial charge in [-0.1, -0.05) is 6.07 Å². The van der Waals surface area contributed by atoms with E-state index >= 15 is 0 Å². The molecule has 1 aliphatic carbocycles. The molecule has 0 bridgehead atoms. The first-order valence-corrected chi connectivity index (χ1v) is 6.95. The fourth-order valence-electron chi connectivity index (χ4n) is 2.20. The van der Waals surface area contributed by atoms with E-state index in [1.54, 1.807) is 13.1 Å². The van der Waals surface area contributed by atoms with E-state index in [0.717, 1.165) is 18.4 Å². The number of rotatable bonds is 2. The van der Waals surface area contributed by atoms with Crippen LogP contribution in [0.15, 0.2) is 18.2 Å². The Morgan fingerprint density at radius 1 is 1.47 bits per heavy atom. The first kappa shape index (κ1) is 14.1. The second-order valence-electron chi connectivity index (χ2n) is 4.50. The maximum Gasteiger partial charge on any atom is 0.423 e. The molecule has 1 aromatic carbocycles. The summed E-state index contributed by atoms with van der Waals surface area (Å²) in [4.78, 5) is 22.7. The fourth-order valence-corrected chi connectivity index (χ4v) is 2.30. The second kappa shape index (κ2) is 5.77. The fraction of sp³-hybridized carbons (Fsp3) is 0.385. The molecule has 2 rings (SSSR count). The lowest BCUT2D eigenvalue weighted by Gasteiger charge is -2.14. The van der Waals surface area contributed by atoms with Crippen molar-refractivity contribution >= 4 is 34.9 Å². The number of hydrogen-bond donors (Lipinski definition) is 1. The van der Waals surface area contributed by atoms with Gasteiger partial charge in [-0.15, -0.1) is 0 Å². The molecule has 19 heavy (non-hydrogen) atoms. The van der Waals surface area contributed by atoms with Gasteiger partial charge in [0.05, 0.1) is 28.9 Å². The number of hydrogen-bond acceptors (Lipinski definition) is 3. The average Bonchev–Trinajstić information content (AvgIpc) is 2.71. The van der Waals surface area contributed by atoms with Gasteiger partial charge in [0.15, 0.2) is 0 Å². The monoisotopic (exact) mass is 374 g/mol. The quantitative estimate of drug-likeness (QED) is 0.640. The smallest absolute Gasteiger partial charge is 0.410 e. The van der Waals surface area contributed by atoms with Crippen molar-refractivity contribution in [1.82, 2.24) is 8.43 Å². The third kappa shape index (κ3) is 3.37. The van der Waals surface area contributed by atoms with Crippen molar-refractivity contribution in [2.75, 3.05) is 7.05 Å². The number of ether oxygens (including phenoxy) is 1. The summed E-state index contributed by atoms with van der Waals surface area (Å²) in [5.74, 6) is 0.455. The molecule has 0 heterocycles. The van der Waals surface area contributed by atoms with Gasteiger partial charge in [0.1, 0.15) is 5.75 Å². The number of carbonyl (C=O) groups excluding carboxylic acids is 2. The van der Waals surface area contributed by atoms with Gasteiger partial charge in [0, 0.05) is 14.0 Å². The number of carbonyl (C=O) groups is 2. The Morgan fingerprint density at radius 3 is 2.84 bits per heavy atom. The molecule has 1 aromatic rings. The van der Waals surface area contributed by atoms with Crippen LogP contribution in [0.1, 0.15) is 30.5 Å². The molecular weight excluding hydrogens is 359 g/mol. The van der Waals surface area contributed by atoms with Crippen molar-refractivity contribution in [2.24, 2.45) is 0 Å². The number of nitrogens with one attached hydrogen (secondary N) is 1. The van der Waals surface area contributed by atoms with Crippen molar-refractivity contribution in [3.05, 3.63) is 29.3 Å². The summed E-state index contributed by atoms with van der Waals surface area (Å²) in [6.45, 7) is 1.51. The van der Waals surface area contributed by atoms with Gasteiger partial charge in [-0.05, 0) is 36.1 Å². The zero-order valence-electron chi connectivity index (χ0n) is 10.8. The van der Waals surface area contributed by atoms with Crippen LogP contribution in [0.25, 0.3) is 0 Å². The zero-order chi connectivity index (χ0) is 14.0. The van der Waals surface area contributed by atoms with E-state index in [1.165, 1.54) is 15.6 Å². The summed E-state index contributed by atoms with van der Waals surface area (Å²) >= 11 is 1.85. The number of aryl methyl sites for hydroxylation is 1. The molecule has 1 aliphatic rings. The number of fused-ring (bicyclic) bond motifs is 1. The minimum Gasteiger partial charge on any atom is -0.410 e. The Bertz CT molecular complexity index is 517. The molecule has 0 saturated carbocycles. The third-order valence-corrected chi connectivity index (χ3v) is 3.42. The SMILES string of the molecule is CC(=O)N[C@@H]1CCc2ccc(OC(=O)N(C)I)cc21. The van der Waals surface area contributed by atoms with Crippen molar-refractivity contribution in [1.29, 1.82) is 0 Å². The molecule has 0 radical (unpaired) electrons. The number of nitrogens with zero attached hydrogens (tertiary/aromatic N) is 1. The van der Waals surface area contributed by atoms with Crippen LogP contribution in [0, 0.1) is 0 Å². The number of halogens is 1. The van der Waals surface area contributed by atoms with E-state index in [4.69, 9.17) is 4.74 Å². The normalized spacial score (nSPS) is 16.7. The minimum atomic E-state index is -0.422. The molecular formula is C13H15IN2O3. The number of amides is 2. The van der Waals surface area contributed by atoms with Gasteiger partial charge in [-0.2, -0.15) is 0 Å². The molecule has 0 saturated heterocycles. The van der Waals surface area contributed by atoms with Crippen LogP contribution in [0.4, 0.5) is 4.79 Å². The van der Waals surface area contributed by atoms with Crippen molar-refractivity contribution in [3.63, 3.8) is 0 Å². The average molecular weight is 374 g/mol. The highest BCUT2D eigenvalue weighted by Crippen LogP contribution is 2.33. The Morgan fingerprint density at radius 2 is 2.21 bits per heavy atom. The highest BCUT2D eigenvalue weighted by atomic mass is 127. The van der Waals surface area contributed by atoms with Crippen LogP contribution in [0.3, 0.4) is 0 Å². The summed E-state index contributed by atoms with van der Waals surface area (Å²) < 4.78 is 6.56. The van der Waals surface area contributed by atoms with Gasteiger partial charge in [-0.3, -0.25) is 7.91 Å². The lowest BCUT2D eigenvalue weighted by molar-refractivity contribution is -0.119. The van der Waals surface area contributed by atoms with Crippen molar-refractivity contribution in [3.8, 4) is 5.75 Å². The first-order chi connectivity index (χ1) is 8.97. The zero-order valence-corrected chi connectivity index (χ0v) is 12.9.